The van der Waals surface area contributed by atoms with E-state index in [2.05, 4.69) is 0 Å². The Bertz CT molecular complexity index is 448. The van der Waals surface area contributed by atoms with Gasteiger partial charge in [0, 0.05) is 6.04 Å². The summed E-state index contributed by atoms with van der Waals surface area (Å²) < 4.78 is 43.1. The summed E-state index contributed by atoms with van der Waals surface area (Å²) in [5.41, 5.74) is 10.7. The van der Waals surface area contributed by atoms with Crippen molar-refractivity contribution in [2.24, 2.45) is 5.73 Å². The first-order valence-corrected chi connectivity index (χ1v) is 6.25. The third-order valence-corrected chi connectivity index (χ3v) is 3.30. The van der Waals surface area contributed by atoms with Gasteiger partial charge in [-0.1, -0.05) is 0 Å². The maximum absolute atomic E-state index is 12.5. The zero-order valence-corrected chi connectivity index (χ0v) is 10.4. The molecule has 0 aliphatic heterocycles. The molecule has 0 radical (unpaired) electrons. The van der Waals surface area contributed by atoms with E-state index in [4.69, 9.17) is 16.2 Å². The summed E-state index contributed by atoms with van der Waals surface area (Å²) in [5, 5.41) is 0. The van der Waals surface area contributed by atoms with Crippen LogP contribution in [0.2, 0.25) is 0 Å². The lowest BCUT2D eigenvalue weighted by atomic mass is 9.93. The first kappa shape index (κ1) is 14.0. The van der Waals surface area contributed by atoms with E-state index < -0.39 is 11.7 Å². The SMILES string of the molecule is Nc1cc(C(F)(F)F)ccc1OC1CCCC(N)C1. The fraction of sp³-hybridized carbons (Fsp3) is 0.538. The topological polar surface area (TPSA) is 61.3 Å². The number of halogens is 3. The summed E-state index contributed by atoms with van der Waals surface area (Å²) in [6.07, 6.45) is -0.966. The number of nitrogens with two attached hydrogens (primary N) is 2. The minimum atomic E-state index is -4.39. The normalized spacial score (nSPS) is 24.2. The molecule has 1 aromatic rings. The minimum absolute atomic E-state index is 0.00831. The molecule has 1 fully saturated rings. The van der Waals surface area contributed by atoms with E-state index in [1.807, 2.05) is 0 Å². The lowest BCUT2D eigenvalue weighted by Crippen LogP contribution is -2.33. The molecule has 2 atom stereocenters. The zero-order chi connectivity index (χ0) is 14.0. The fourth-order valence-corrected chi connectivity index (χ4v) is 2.30. The second-order valence-corrected chi connectivity index (χ2v) is 4.92. The summed E-state index contributed by atoms with van der Waals surface area (Å²) in [6, 6.07) is 3.25. The van der Waals surface area contributed by atoms with Gasteiger partial charge in [0.1, 0.15) is 11.9 Å². The smallest absolute Gasteiger partial charge is 0.416 e. The van der Waals surface area contributed by atoms with Gasteiger partial charge in [-0.2, -0.15) is 13.2 Å². The van der Waals surface area contributed by atoms with Crippen LogP contribution in [0.5, 0.6) is 5.75 Å². The highest BCUT2D eigenvalue weighted by Crippen LogP contribution is 2.34. The first-order chi connectivity index (χ1) is 8.86. The first-order valence-electron chi connectivity index (χ1n) is 6.25. The van der Waals surface area contributed by atoms with Gasteiger partial charge in [-0.3, -0.25) is 0 Å². The standard InChI is InChI=1S/C13H17F3N2O/c14-13(15,16)8-4-5-12(11(18)6-8)19-10-3-1-2-9(17)7-10/h4-6,9-10H,1-3,7,17-18H2. The van der Waals surface area contributed by atoms with Crippen LogP contribution in [0.1, 0.15) is 31.2 Å². The minimum Gasteiger partial charge on any atom is -0.488 e. The van der Waals surface area contributed by atoms with Crippen molar-refractivity contribution in [3.05, 3.63) is 23.8 Å². The Morgan fingerprint density at radius 1 is 1.21 bits per heavy atom. The van der Waals surface area contributed by atoms with E-state index >= 15 is 0 Å². The molecule has 0 amide bonds. The molecular formula is C13H17F3N2O. The van der Waals surface area contributed by atoms with Gasteiger partial charge in [0.05, 0.1) is 11.3 Å². The summed E-state index contributed by atoms with van der Waals surface area (Å²) in [7, 11) is 0. The monoisotopic (exact) mass is 274 g/mol. The van der Waals surface area contributed by atoms with Crippen LogP contribution in [-0.4, -0.2) is 12.1 Å². The van der Waals surface area contributed by atoms with Crippen LogP contribution in [0.15, 0.2) is 18.2 Å². The van der Waals surface area contributed by atoms with Crippen LogP contribution in [0, 0.1) is 0 Å². The lowest BCUT2D eigenvalue weighted by molar-refractivity contribution is -0.137. The van der Waals surface area contributed by atoms with Crippen LogP contribution in [0.3, 0.4) is 0 Å². The number of nitrogen functional groups attached to an aromatic ring is 1. The van der Waals surface area contributed by atoms with Crippen molar-refractivity contribution in [2.75, 3.05) is 5.73 Å². The van der Waals surface area contributed by atoms with Gasteiger partial charge in [-0.05, 0) is 43.9 Å². The Morgan fingerprint density at radius 3 is 2.53 bits per heavy atom. The van der Waals surface area contributed by atoms with Crippen molar-refractivity contribution in [1.29, 1.82) is 0 Å². The maximum Gasteiger partial charge on any atom is 0.416 e. The molecule has 2 unspecified atom stereocenters. The van der Waals surface area contributed by atoms with Crippen molar-refractivity contribution in [3.63, 3.8) is 0 Å². The van der Waals surface area contributed by atoms with E-state index in [9.17, 15) is 13.2 Å². The van der Waals surface area contributed by atoms with E-state index in [0.29, 0.717) is 12.2 Å². The second kappa shape index (κ2) is 5.28. The number of alkyl halides is 3. The maximum atomic E-state index is 12.5. The van der Waals surface area contributed by atoms with E-state index in [0.717, 1.165) is 31.4 Å². The number of hydrogen-bond acceptors (Lipinski definition) is 3. The number of anilines is 1. The average Bonchev–Trinajstić information content (AvgIpc) is 2.30. The molecule has 0 heterocycles. The number of rotatable bonds is 2. The second-order valence-electron chi connectivity index (χ2n) is 4.92. The molecule has 4 N–H and O–H groups in total. The molecule has 6 heteroatoms. The van der Waals surface area contributed by atoms with Crippen molar-refractivity contribution in [3.8, 4) is 5.75 Å². The summed E-state index contributed by atoms with van der Waals surface area (Å²) >= 11 is 0. The predicted octanol–water partition coefficient (Wildman–Crippen LogP) is 2.94. The number of hydrogen-bond donors (Lipinski definition) is 2. The van der Waals surface area contributed by atoms with Gasteiger partial charge in [0.15, 0.2) is 0 Å². The third kappa shape index (κ3) is 3.53. The Hall–Kier alpha value is -1.43. The molecule has 0 bridgehead atoms. The molecule has 0 saturated heterocycles. The van der Waals surface area contributed by atoms with Crippen LogP contribution < -0.4 is 16.2 Å². The molecule has 1 saturated carbocycles. The Balaban J connectivity index is 2.09. The Morgan fingerprint density at radius 2 is 1.95 bits per heavy atom. The molecule has 0 spiro atoms. The summed E-state index contributed by atoms with van der Waals surface area (Å²) in [5.74, 6) is 0.298. The predicted molar refractivity (Wildman–Crippen MR) is 66.7 cm³/mol. The largest absolute Gasteiger partial charge is 0.488 e. The Labute approximate surface area is 109 Å². The molecule has 19 heavy (non-hydrogen) atoms. The van der Waals surface area contributed by atoms with Gasteiger partial charge >= 0.3 is 6.18 Å². The molecule has 106 valence electrons. The number of ether oxygens (including phenoxy) is 1. The van der Waals surface area contributed by atoms with Crippen molar-refractivity contribution < 1.29 is 17.9 Å². The van der Waals surface area contributed by atoms with Gasteiger partial charge in [-0.25, -0.2) is 0 Å². The van der Waals surface area contributed by atoms with Gasteiger partial charge < -0.3 is 16.2 Å². The van der Waals surface area contributed by atoms with Crippen LogP contribution in [-0.2, 0) is 6.18 Å². The van der Waals surface area contributed by atoms with Crippen LogP contribution in [0.4, 0.5) is 18.9 Å². The van der Waals surface area contributed by atoms with E-state index in [-0.39, 0.29) is 17.8 Å². The van der Waals surface area contributed by atoms with Gasteiger partial charge in [-0.15, -0.1) is 0 Å². The summed E-state index contributed by atoms with van der Waals surface area (Å²) in [6.45, 7) is 0. The third-order valence-electron chi connectivity index (χ3n) is 3.30. The van der Waals surface area contributed by atoms with E-state index in [1.165, 1.54) is 6.07 Å². The van der Waals surface area contributed by atoms with Crippen LogP contribution in [0.25, 0.3) is 0 Å². The molecule has 1 aliphatic carbocycles. The molecule has 1 aromatic carbocycles. The van der Waals surface area contributed by atoms with Gasteiger partial charge in [0.25, 0.3) is 0 Å². The van der Waals surface area contributed by atoms with Gasteiger partial charge in [0.2, 0.25) is 0 Å². The fourth-order valence-electron chi connectivity index (χ4n) is 2.30. The molecule has 3 nitrogen and oxygen atoms in total. The molecule has 1 aliphatic rings. The Kier molecular flexibility index (Phi) is 3.89. The average molecular weight is 274 g/mol. The van der Waals surface area contributed by atoms with Crippen molar-refractivity contribution >= 4 is 5.69 Å². The molecule has 2 rings (SSSR count). The van der Waals surface area contributed by atoms with Crippen LogP contribution >= 0.6 is 0 Å². The lowest BCUT2D eigenvalue weighted by Gasteiger charge is -2.27. The molecular weight excluding hydrogens is 257 g/mol. The highest BCUT2D eigenvalue weighted by molar-refractivity contribution is 5.54. The summed E-state index contributed by atoms with van der Waals surface area (Å²) in [4.78, 5) is 0. The highest BCUT2D eigenvalue weighted by Gasteiger charge is 2.31. The van der Waals surface area contributed by atoms with E-state index in [1.54, 1.807) is 0 Å². The quantitative estimate of drug-likeness (QED) is 0.815. The molecule has 0 aromatic heterocycles. The van der Waals surface area contributed by atoms with Crippen molar-refractivity contribution in [1.82, 2.24) is 0 Å². The highest BCUT2D eigenvalue weighted by atomic mass is 19.4. The zero-order valence-electron chi connectivity index (χ0n) is 10.4. The number of benzene rings is 1. The van der Waals surface area contributed by atoms with Crippen molar-refractivity contribution in [2.45, 2.75) is 44.0 Å².